The van der Waals surface area contributed by atoms with E-state index in [1.165, 1.54) is 6.07 Å². The second kappa shape index (κ2) is 4.50. The first-order valence-electron chi connectivity index (χ1n) is 4.42. The molecule has 0 atom stereocenters. The van der Waals surface area contributed by atoms with Crippen LogP contribution in [0.2, 0.25) is 15.2 Å². The second-order valence-corrected chi connectivity index (χ2v) is 4.37. The van der Waals surface area contributed by atoms with Crippen molar-refractivity contribution in [2.45, 2.75) is 0 Å². The van der Waals surface area contributed by atoms with Gasteiger partial charge in [-0.25, -0.2) is 0 Å². The molecule has 0 aliphatic heterocycles. The van der Waals surface area contributed by atoms with Crippen molar-refractivity contribution in [2.75, 3.05) is 0 Å². The van der Waals surface area contributed by atoms with Crippen molar-refractivity contribution in [3.05, 3.63) is 55.9 Å². The first kappa shape index (κ1) is 11.5. The third-order valence-corrected chi connectivity index (χ3v) is 3.10. The Hall–Kier alpha value is -0.960. The zero-order valence-electron chi connectivity index (χ0n) is 7.93. The molecule has 2 rings (SSSR count). The van der Waals surface area contributed by atoms with Gasteiger partial charge in [0.2, 0.25) is 5.56 Å². The predicted molar refractivity (Wildman–Crippen MR) is 67.5 cm³/mol. The van der Waals surface area contributed by atoms with Gasteiger partial charge in [0.15, 0.2) is 0 Å². The molecule has 82 valence electrons. The Morgan fingerprint density at radius 2 is 1.81 bits per heavy atom. The summed E-state index contributed by atoms with van der Waals surface area (Å²) in [5.74, 6) is 0. The van der Waals surface area contributed by atoms with Gasteiger partial charge in [0.25, 0.3) is 0 Å². The van der Waals surface area contributed by atoms with E-state index in [9.17, 15) is 4.79 Å². The lowest BCUT2D eigenvalue weighted by atomic mass is 10.1. The van der Waals surface area contributed by atoms with E-state index < -0.39 is 0 Å². The fourth-order valence-electron chi connectivity index (χ4n) is 1.39. The molecule has 0 radical (unpaired) electrons. The van der Waals surface area contributed by atoms with Crippen LogP contribution in [0.5, 0.6) is 0 Å². The molecular weight excluding hydrogens is 268 g/mol. The smallest absolute Gasteiger partial charge is 0.249 e. The number of aromatic nitrogens is 1. The van der Waals surface area contributed by atoms with Crippen LogP contribution in [0.25, 0.3) is 11.1 Å². The van der Waals surface area contributed by atoms with E-state index in [0.717, 1.165) is 0 Å². The van der Waals surface area contributed by atoms with Crippen LogP contribution in [0, 0.1) is 0 Å². The number of nitrogens with one attached hydrogen (secondary N) is 1. The van der Waals surface area contributed by atoms with Crippen molar-refractivity contribution >= 4 is 34.8 Å². The largest absolute Gasteiger partial charge is 0.313 e. The number of hydrogen-bond acceptors (Lipinski definition) is 1. The van der Waals surface area contributed by atoms with Crippen LogP contribution in [-0.4, -0.2) is 4.98 Å². The van der Waals surface area contributed by atoms with Crippen LogP contribution in [-0.2, 0) is 0 Å². The highest BCUT2D eigenvalue weighted by Crippen LogP contribution is 2.33. The van der Waals surface area contributed by atoms with Gasteiger partial charge in [-0.3, -0.25) is 4.79 Å². The third-order valence-electron chi connectivity index (χ3n) is 2.07. The Bertz CT molecular complexity index is 592. The molecule has 0 spiro atoms. The normalized spacial score (nSPS) is 10.4. The van der Waals surface area contributed by atoms with Gasteiger partial charge >= 0.3 is 0 Å². The molecule has 0 fully saturated rings. The fourth-order valence-corrected chi connectivity index (χ4v) is 2.01. The average molecular weight is 275 g/mol. The van der Waals surface area contributed by atoms with E-state index in [4.69, 9.17) is 34.8 Å². The molecule has 1 heterocycles. The van der Waals surface area contributed by atoms with Gasteiger partial charge in [0.1, 0.15) is 5.15 Å². The van der Waals surface area contributed by atoms with Crippen molar-refractivity contribution < 1.29 is 0 Å². The molecule has 0 amide bonds. The molecular formula is C11H6Cl3NO. The maximum atomic E-state index is 11.3. The van der Waals surface area contributed by atoms with E-state index in [-0.39, 0.29) is 10.7 Å². The molecule has 0 aliphatic carbocycles. The zero-order valence-corrected chi connectivity index (χ0v) is 10.2. The van der Waals surface area contributed by atoms with Crippen LogP contribution in [0.4, 0.5) is 0 Å². The summed E-state index contributed by atoms with van der Waals surface area (Å²) in [5, 5.41) is 1.11. The van der Waals surface area contributed by atoms with Gasteiger partial charge < -0.3 is 4.98 Å². The second-order valence-electron chi connectivity index (χ2n) is 3.18. The molecule has 2 nitrogen and oxygen atoms in total. The molecule has 2 aromatic rings. The summed E-state index contributed by atoms with van der Waals surface area (Å²) < 4.78 is 0. The summed E-state index contributed by atoms with van der Waals surface area (Å²) in [5.41, 5.74) is 1.04. The Kier molecular flexibility index (Phi) is 3.24. The van der Waals surface area contributed by atoms with Gasteiger partial charge in [-0.2, -0.15) is 0 Å². The predicted octanol–water partition coefficient (Wildman–Crippen LogP) is 4.00. The molecule has 1 aromatic heterocycles. The number of aromatic amines is 1. The molecule has 16 heavy (non-hydrogen) atoms. The highest BCUT2D eigenvalue weighted by molar-refractivity contribution is 6.43. The van der Waals surface area contributed by atoms with Crippen molar-refractivity contribution in [3.63, 3.8) is 0 Å². The van der Waals surface area contributed by atoms with Crippen LogP contribution in [0.1, 0.15) is 0 Å². The Labute approximate surface area is 107 Å². The van der Waals surface area contributed by atoms with Crippen molar-refractivity contribution in [2.24, 2.45) is 0 Å². The van der Waals surface area contributed by atoms with Gasteiger partial charge in [0.05, 0.1) is 10.0 Å². The van der Waals surface area contributed by atoms with Crippen LogP contribution in [0.15, 0.2) is 35.1 Å². The number of pyridine rings is 1. The highest BCUT2D eigenvalue weighted by atomic mass is 35.5. The Morgan fingerprint density at radius 3 is 2.50 bits per heavy atom. The van der Waals surface area contributed by atoms with E-state index in [2.05, 4.69) is 4.98 Å². The third kappa shape index (κ3) is 2.24. The average Bonchev–Trinajstić information content (AvgIpc) is 2.20. The molecule has 0 bridgehead atoms. The lowest BCUT2D eigenvalue weighted by molar-refractivity contribution is 1.24. The number of halogens is 3. The van der Waals surface area contributed by atoms with Crippen LogP contribution in [0.3, 0.4) is 0 Å². The summed E-state index contributed by atoms with van der Waals surface area (Å²) in [6, 6.07) is 8.27. The monoisotopic (exact) mass is 273 g/mol. The number of H-pyrrole nitrogens is 1. The summed E-state index contributed by atoms with van der Waals surface area (Å²) in [7, 11) is 0. The van der Waals surface area contributed by atoms with Crippen LogP contribution < -0.4 is 5.56 Å². The molecule has 0 saturated heterocycles. The van der Waals surface area contributed by atoms with E-state index >= 15 is 0 Å². The molecule has 5 heteroatoms. The Morgan fingerprint density at radius 1 is 1.06 bits per heavy atom. The van der Waals surface area contributed by atoms with Gasteiger partial charge in [-0.15, -0.1) is 0 Å². The minimum absolute atomic E-state index is 0.263. The quantitative estimate of drug-likeness (QED) is 0.783. The molecule has 0 saturated carbocycles. The summed E-state index contributed by atoms with van der Waals surface area (Å²) in [6.07, 6.45) is 0. The molecule has 0 aliphatic rings. The van der Waals surface area contributed by atoms with Crippen molar-refractivity contribution in [1.82, 2.24) is 4.98 Å². The minimum atomic E-state index is -0.279. The van der Waals surface area contributed by atoms with Crippen LogP contribution >= 0.6 is 34.8 Å². The molecule has 1 N–H and O–H groups in total. The first-order chi connectivity index (χ1) is 7.58. The van der Waals surface area contributed by atoms with E-state index in [1.54, 1.807) is 24.3 Å². The molecule has 1 aromatic carbocycles. The summed E-state index contributed by atoms with van der Waals surface area (Å²) in [4.78, 5) is 13.7. The Balaban J connectivity index is 2.67. The van der Waals surface area contributed by atoms with Crippen molar-refractivity contribution in [1.29, 1.82) is 0 Å². The highest BCUT2D eigenvalue weighted by Gasteiger charge is 2.07. The van der Waals surface area contributed by atoms with Crippen molar-refractivity contribution in [3.8, 4) is 11.1 Å². The minimum Gasteiger partial charge on any atom is -0.313 e. The fraction of sp³-hybridized carbons (Fsp3) is 0. The topological polar surface area (TPSA) is 32.9 Å². The van der Waals surface area contributed by atoms with Gasteiger partial charge in [-0.1, -0.05) is 46.9 Å². The lowest BCUT2D eigenvalue weighted by Crippen LogP contribution is -2.03. The first-order valence-corrected chi connectivity index (χ1v) is 5.55. The maximum Gasteiger partial charge on any atom is 0.249 e. The SMILES string of the molecule is O=c1cc(-c2cccc(Cl)c2Cl)cc(Cl)[nH]1. The molecule has 0 unspecified atom stereocenters. The lowest BCUT2D eigenvalue weighted by Gasteiger charge is -2.05. The van der Waals surface area contributed by atoms with E-state index in [1.807, 2.05) is 0 Å². The summed E-state index contributed by atoms with van der Waals surface area (Å²) in [6.45, 7) is 0. The zero-order chi connectivity index (χ0) is 11.7. The number of hydrogen-bond donors (Lipinski definition) is 1. The standard InChI is InChI=1S/C11H6Cl3NO/c12-8-3-1-2-7(11(8)14)6-4-9(13)15-10(16)5-6/h1-5H,(H,15,16). The number of benzene rings is 1. The maximum absolute atomic E-state index is 11.3. The number of rotatable bonds is 1. The summed E-state index contributed by atoms with van der Waals surface area (Å²) >= 11 is 17.7. The van der Waals surface area contributed by atoms with Gasteiger partial charge in [0, 0.05) is 11.6 Å². The van der Waals surface area contributed by atoms with E-state index in [0.29, 0.717) is 21.2 Å². The van der Waals surface area contributed by atoms with Gasteiger partial charge in [-0.05, 0) is 17.7 Å².